The average Bonchev–Trinajstić information content (AvgIpc) is 2.57. The summed E-state index contributed by atoms with van der Waals surface area (Å²) in [5.74, 6) is 0. The van der Waals surface area contributed by atoms with Gasteiger partial charge in [-0.05, 0) is 0 Å². The van der Waals surface area contributed by atoms with Crippen LogP contribution in [0.4, 0.5) is 0 Å². The molecule has 1 fully saturated rings. The van der Waals surface area contributed by atoms with Gasteiger partial charge in [0.1, 0.15) is 18.3 Å². The minimum Gasteiger partial charge on any atom is -0.619 e. The van der Waals surface area contributed by atoms with Gasteiger partial charge in [0.2, 0.25) is 6.20 Å². The molecule has 4 atom stereocenters. The van der Waals surface area contributed by atoms with Crippen molar-refractivity contribution in [2.75, 3.05) is 6.61 Å². The predicted octanol–water partition coefficient (Wildman–Crippen LogP) is -2.91. The lowest BCUT2D eigenvalue weighted by Crippen LogP contribution is -2.39. The molecule has 2 rings (SSSR count). The molecule has 2 heterocycles. The zero-order chi connectivity index (χ0) is 12.6. The number of nitrogens with zero attached hydrogens (tertiary/aromatic N) is 2. The molecular weight excluding hydrogens is 232 g/mol. The molecule has 94 valence electrons. The van der Waals surface area contributed by atoms with Crippen molar-refractivity contribution < 1.29 is 24.8 Å². The van der Waals surface area contributed by atoms with Crippen molar-refractivity contribution in [1.29, 1.82) is 0 Å². The quantitative estimate of drug-likeness (QED) is 0.379. The van der Waals surface area contributed by atoms with Gasteiger partial charge in [-0.15, -0.1) is 0 Å². The van der Waals surface area contributed by atoms with Gasteiger partial charge in [-0.25, -0.2) is 0 Å². The van der Waals surface area contributed by atoms with Crippen molar-refractivity contribution >= 4 is 0 Å². The smallest absolute Gasteiger partial charge is 0.318 e. The van der Waals surface area contributed by atoms with Crippen molar-refractivity contribution in [1.82, 2.24) is 4.57 Å². The molecule has 0 aliphatic carbocycles. The number of hydrogen-bond donors (Lipinski definition) is 3. The van der Waals surface area contributed by atoms with E-state index in [1.54, 1.807) is 0 Å². The Bertz CT molecular complexity index is 461. The molecular formula is C9H12N2O6. The maximum absolute atomic E-state index is 11.5. The summed E-state index contributed by atoms with van der Waals surface area (Å²) in [5, 5.41) is 38.9. The Balaban J connectivity index is 2.32. The molecule has 1 aromatic rings. The van der Waals surface area contributed by atoms with Gasteiger partial charge in [0.05, 0.1) is 12.8 Å². The lowest BCUT2D eigenvalue weighted by atomic mass is 10.1. The number of ether oxygens (including phenoxy) is 1. The van der Waals surface area contributed by atoms with Gasteiger partial charge in [0.25, 0.3) is 0 Å². The summed E-state index contributed by atoms with van der Waals surface area (Å²) < 4.78 is 6.45. The topological polar surface area (TPSA) is 119 Å². The van der Waals surface area contributed by atoms with E-state index >= 15 is 0 Å². The second-order valence-electron chi connectivity index (χ2n) is 3.76. The molecule has 1 aromatic heterocycles. The van der Waals surface area contributed by atoms with Crippen LogP contribution < -0.4 is 10.3 Å². The van der Waals surface area contributed by atoms with Gasteiger partial charge < -0.3 is 25.3 Å². The molecule has 8 nitrogen and oxygen atoms in total. The molecule has 1 aliphatic rings. The van der Waals surface area contributed by atoms with Crippen molar-refractivity contribution in [3.05, 3.63) is 34.2 Å². The minimum absolute atomic E-state index is 0.320. The number of aliphatic hydroxyl groups excluding tert-OH is 3. The molecule has 17 heavy (non-hydrogen) atoms. The van der Waals surface area contributed by atoms with Crippen LogP contribution in [-0.2, 0) is 4.74 Å². The number of hydrogen-bond acceptors (Lipinski definition) is 6. The molecule has 0 bridgehead atoms. The molecule has 1 aliphatic heterocycles. The Morgan fingerprint density at radius 1 is 1.47 bits per heavy atom. The summed E-state index contributed by atoms with van der Waals surface area (Å²) in [4.78, 5) is 11.5. The van der Waals surface area contributed by atoms with Crippen LogP contribution in [0.5, 0.6) is 0 Å². The monoisotopic (exact) mass is 244 g/mol. The van der Waals surface area contributed by atoms with E-state index in [1.165, 1.54) is 0 Å². The van der Waals surface area contributed by atoms with Gasteiger partial charge in [0.15, 0.2) is 12.4 Å². The maximum atomic E-state index is 11.5. The molecule has 8 heteroatoms. The normalized spacial score (nSPS) is 32.9. The van der Waals surface area contributed by atoms with E-state index in [-0.39, 0.29) is 0 Å². The van der Waals surface area contributed by atoms with Crippen molar-refractivity contribution in [2.24, 2.45) is 0 Å². The van der Waals surface area contributed by atoms with Crippen LogP contribution in [0.25, 0.3) is 0 Å². The summed E-state index contributed by atoms with van der Waals surface area (Å²) in [5.41, 5.74) is -0.669. The molecule has 0 spiro atoms. The van der Waals surface area contributed by atoms with E-state index in [2.05, 4.69) is 0 Å². The van der Waals surface area contributed by atoms with Crippen LogP contribution in [-0.4, -0.2) is 44.8 Å². The highest BCUT2D eigenvalue weighted by Crippen LogP contribution is 2.27. The van der Waals surface area contributed by atoms with Gasteiger partial charge >= 0.3 is 5.56 Å². The second kappa shape index (κ2) is 4.41. The van der Waals surface area contributed by atoms with E-state index in [0.717, 1.165) is 23.2 Å². The number of aliphatic hydroxyl groups is 3. The zero-order valence-corrected chi connectivity index (χ0v) is 8.71. The van der Waals surface area contributed by atoms with Crippen LogP contribution in [0.2, 0.25) is 0 Å². The van der Waals surface area contributed by atoms with Gasteiger partial charge in [0, 0.05) is 0 Å². The molecule has 4 unspecified atom stereocenters. The summed E-state index contributed by atoms with van der Waals surface area (Å²) >= 11 is 0. The Morgan fingerprint density at radius 3 is 2.71 bits per heavy atom. The molecule has 3 N–H and O–H groups in total. The predicted molar refractivity (Wildman–Crippen MR) is 52.7 cm³/mol. The first-order valence-electron chi connectivity index (χ1n) is 4.98. The average molecular weight is 244 g/mol. The summed E-state index contributed by atoms with van der Waals surface area (Å²) in [6.07, 6.45) is -1.71. The lowest BCUT2D eigenvalue weighted by molar-refractivity contribution is -0.607. The maximum Gasteiger partial charge on any atom is 0.318 e. The summed E-state index contributed by atoms with van der Waals surface area (Å²) in [7, 11) is 0. The van der Waals surface area contributed by atoms with Crippen LogP contribution in [0.15, 0.2) is 23.4 Å². The highest BCUT2D eigenvalue weighted by Gasteiger charge is 2.43. The number of rotatable bonds is 2. The van der Waals surface area contributed by atoms with E-state index in [1.807, 2.05) is 0 Å². The fourth-order valence-corrected chi connectivity index (χ4v) is 1.75. The zero-order valence-electron chi connectivity index (χ0n) is 8.71. The SMILES string of the molecule is O=c1c[n+]([O-])ccn1C1OC(CO)C(O)C1O. The van der Waals surface area contributed by atoms with Gasteiger partial charge in [-0.2, -0.15) is 4.73 Å². The van der Waals surface area contributed by atoms with Crippen molar-refractivity contribution in [2.45, 2.75) is 24.5 Å². The Morgan fingerprint density at radius 2 is 2.18 bits per heavy atom. The number of aromatic nitrogens is 2. The van der Waals surface area contributed by atoms with E-state index in [0.29, 0.717) is 4.73 Å². The first kappa shape index (κ1) is 12.0. The van der Waals surface area contributed by atoms with E-state index in [9.17, 15) is 20.2 Å². The summed E-state index contributed by atoms with van der Waals surface area (Å²) in [6, 6.07) is 0. The lowest BCUT2D eigenvalue weighted by Gasteiger charge is -2.16. The molecule has 0 radical (unpaired) electrons. The van der Waals surface area contributed by atoms with Crippen LogP contribution in [0.3, 0.4) is 0 Å². The van der Waals surface area contributed by atoms with Crippen molar-refractivity contribution in [3.8, 4) is 0 Å². The van der Waals surface area contributed by atoms with Crippen LogP contribution >= 0.6 is 0 Å². The molecule has 0 aromatic carbocycles. The van der Waals surface area contributed by atoms with Crippen molar-refractivity contribution in [3.63, 3.8) is 0 Å². The minimum atomic E-state index is -1.34. The van der Waals surface area contributed by atoms with Gasteiger partial charge in [-0.1, -0.05) is 0 Å². The Kier molecular flexibility index (Phi) is 3.11. The Labute approximate surface area is 95.5 Å². The molecule has 0 saturated carbocycles. The highest BCUT2D eigenvalue weighted by atomic mass is 16.6. The molecule has 0 amide bonds. The third kappa shape index (κ3) is 2.03. The standard InChI is InChI=1S/C9H12N2O6/c12-4-5-7(14)8(15)9(17-5)11-2-1-10(16)3-6(11)13/h1-3,5,7-9,12,14-15H,4H2. The van der Waals surface area contributed by atoms with Crippen LogP contribution in [0.1, 0.15) is 6.23 Å². The fourth-order valence-electron chi connectivity index (χ4n) is 1.75. The van der Waals surface area contributed by atoms with E-state index < -0.39 is 36.7 Å². The highest BCUT2D eigenvalue weighted by molar-refractivity contribution is 4.91. The van der Waals surface area contributed by atoms with E-state index in [4.69, 9.17) is 9.84 Å². The largest absolute Gasteiger partial charge is 0.619 e. The van der Waals surface area contributed by atoms with Gasteiger partial charge in [-0.3, -0.25) is 9.36 Å². The van der Waals surface area contributed by atoms with Crippen LogP contribution in [0, 0.1) is 5.21 Å². The third-order valence-electron chi connectivity index (χ3n) is 2.66. The molecule has 1 saturated heterocycles. The Hall–Kier alpha value is -1.48. The fraction of sp³-hybridized carbons (Fsp3) is 0.556. The summed E-state index contributed by atoms with van der Waals surface area (Å²) in [6.45, 7) is -0.474. The first-order chi connectivity index (χ1) is 8.04. The third-order valence-corrected chi connectivity index (χ3v) is 2.66. The second-order valence-corrected chi connectivity index (χ2v) is 3.76. The first-order valence-corrected chi connectivity index (χ1v) is 4.98.